The molecule has 0 aliphatic rings. The summed E-state index contributed by atoms with van der Waals surface area (Å²) in [6.45, 7) is 4.27. The molecular weight excluding hydrogens is 300 g/mol. The minimum atomic E-state index is -0.409. The Labute approximate surface area is 136 Å². The minimum absolute atomic E-state index is 0.0129. The van der Waals surface area contributed by atoms with Gasteiger partial charge in [0.05, 0.1) is 10.6 Å². The number of halogens is 1. The second-order valence-corrected chi connectivity index (χ2v) is 5.25. The molecule has 0 aliphatic heterocycles. The Morgan fingerprint density at radius 1 is 1.32 bits per heavy atom. The molecule has 0 unspecified atom stereocenters. The summed E-state index contributed by atoms with van der Waals surface area (Å²) in [5, 5.41) is 14.8. The van der Waals surface area contributed by atoms with Crippen LogP contribution >= 0.6 is 11.6 Å². The second-order valence-electron chi connectivity index (χ2n) is 4.82. The van der Waals surface area contributed by atoms with Gasteiger partial charge in [-0.2, -0.15) is 0 Å². The number of benzene rings is 1. The Balaban J connectivity index is 2.79. The van der Waals surface area contributed by atoms with Crippen LogP contribution in [0.4, 0.5) is 0 Å². The lowest BCUT2D eigenvalue weighted by molar-refractivity contribution is -0.420. The van der Waals surface area contributed by atoms with Gasteiger partial charge in [0.1, 0.15) is 0 Å². The Bertz CT molecular complexity index is 578. The Morgan fingerprint density at radius 3 is 2.59 bits per heavy atom. The van der Waals surface area contributed by atoms with E-state index in [0.29, 0.717) is 17.3 Å². The molecule has 1 N–H and O–H groups in total. The van der Waals surface area contributed by atoms with Gasteiger partial charge in [0.25, 0.3) is 5.70 Å². The molecule has 1 aromatic rings. The molecule has 0 radical (unpaired) electrons. The quantitative estimate of drug-likeness (QED) is 0.426. The van der Waals surface area contributed by atoms with Crippen LogP contribution in [0, 0.1) is 10.1 Å². The van der Waals surface area contributed by atoms with Gasteiger partial charge in [-0.3, -0.25) is 10.1 Å². The maximum atomic E-state index is 11.2. The van der Waals surface area contributed by atoms with Crippen LogP contribution in [-0.4, -0.2) is 4.92 Å². The van der Waals surface area contributed by atoms with Crippen LogP contribution in [-0.2, 0) is 6.54 Å². The van der Waals surface area contributed by atoms with Crippen molar-refractivity contribution < 1.29 is 4.92 Å². The summed E-state index contributed by atoms with van der Waals surface area (Å²) < 4.78 is 0. The predicted molar refractivity (Wildman–Crippen MR) is 91.0 cm³/mol. The molecule has 0 aliphatic carbocycles. The average Bonchev–Trinajstić information content (AvgIpc) is 2.51. The zero-order valence-corrected chi connectivity index (χ0v) is 13.6. The van der Waals surface area contributed by atoms with Crippen LogP contribution in [0.2, 0.25) is 0 Å². The number of allylic oxidation sites excluding steroid dienone is 5. The Kier molecular flexibility index (Phi) is 8.00. The van der Waals surface area contributed by atoms with Gasteiger partial charge in [-0.1, -0.05) is 61.4 Å². The van der Waals surface area contributed by atoms with Crippen molar-refractivity contribution in [2.75, 3.05) is 0 Å². The van der Waals surface area contributed by atoms with Gasteiger partial charge in [-0.05, 0) is 25.0 Å². The normalized spacial score (nSPS) is 13.1. The fraction of sp³-hybridized carbons (Fsp3) is 0.294. The van der Waals surface area contributed by atoms with Crippen LogP contribution in [0.25, 0.3) is 0 Å². The van der Waals surface area contributed by atoms with Gasteiger partial charge in [-0.25, -0.2) is 0 Å². The van der Waals surface area contributed by atoms with Crippen LogP contribution in [0.1, 0.15) is 32.3 Å². The molecule has 0 saturated heterocycles. The number of hydrogen-bond donors (Lipinski definition) is 1. The first-order valence-corrected chi connectivity index (χ1v) is 7.59. The zero-order chi connectivity index (χ0) is 16.4. The van der Waals surface area contributed by atoms with E-state index in [9.17, 15) is 10.1 Å². The summed E-state index contributed by atoms with van der Waals surface area (Å²) in [4.78, 5) is 10.8. The molecule has 0 aromatic heterocycles. The van der Waals surface area contributed by atoms with Crippen LogP contribution in [0.15, 0.2) is 65.0 Å². The highest BCUT2D eigenvalue weighted by molar-refractivity contribution is 6.31. The second kappa shape index (κ2) is 9.79. The van der Waals surface area contributed by atoms with Crippen molar-refractivity contribution in [3.63, 3.8) is 0 Å². The predicted octanol–water partition coefficient (Wildman–Crippen LogP) is 4.76. The number of rotatable bonds is 8. The average molecular weight is 321 g/mol. The van der Waals surface area contributed by atoms with Crippen molar-refractivity contribution in [3.05, 3.63) is 80.7 Å². The molecule has 118 valence electrons. The van der Waals surface area contributed by atoms with E-state index < -0.39 is 4.92 Å². The molecule has 5 heteroatoms. The molecule has 0 amide bonds. The van der Waals surface area contributed by atoms with Gasteiger partial charge in [0.15, 0.2) is 0 Å². The van der Waals surface area contributed by atoms with E-state index >= 15 is 0 Å². The highest BCUT2D eigenvalue weighted by atomic mass is 35.5. The SMILES string of the molecule is CCC/C=C(Cl)/C=C\C(=C(/C)NCc1ccccc1)[N+](=O)[O-]. The summed E-state index contributed by atoms with van der Waals surface area (Å²) >= 11 is 5.99. The summed E-state index contributed by atoms with van der Waals surface area (Å²) in [6, 6.07) is 9.73. The van der Waals surface area contributed by atoms with E-state index in [0.717, 1.165) is 18.4 Å². The third-order valence-corrected chi connectivity index (χ3v) is 3.29. The molecule has 0 heterocycles. The van der Waals surface area contributed by atoms with E-state index in [-0.39, 0.29) is 5.70 Å². The number of nitrogens with one attached hydrogen (secondary N) is 1. The third-order valence-electron chi connectivity index (χ3n) is 3.01. The first-order valence-electron chi connectivity index (χ1n) is 7.21. The van der Waals surface area contributed by atoms with Gasteiger partial charge in [0, 0.05) is 17.7 Å². The first-order chi connectivity index (χ1) is 10.5. The first kappa shape index (κ1) is 18.0. The molecule has 1 aromatic carbocycles. The number of hydrogen-bond acceptors (Lipinski definition) is 3. The van der Waals surface area contributed by atoms with Crippen molar-refractivity contribution in [3.8, 4) is 0 Å². The maximum absolute atomic E-state index is 11.2. The minimum Gasteiger partial charge on any atom is -0.379 e. The molecular formula is C17H21ClN2O2. The number of nitrogens with zero attached hydrogens (tertiary/aromatic N) is 1. The van der Waals surface area contributed by atoms with Crippen molar-refractivity contribution in [1.82, 2.24) is 5.32 Å². The van der Waals surface area contributed by atoms with Crippen LogP contribution in [0.5, 0.6) is 0 Å². The van der Waals surface area contributed by atoms with E-state index in [1.807, 2.05) is 43.3 Å². The van der Waals surface area contributed by atoms with E-state index in [2.05, 4.69) is 5.32 Å². The van der Waals surface area contributed by atoms with Gasteiger partial charge >= 0.3 is 0 Å². The van der Waals surface area contributed by atoms with Gasteiger partial charge in [-0.15, -0.1) is 0 Å². The van der Waals surface area contributed by atoms with Crippen LogP contribution in [0.3, 0.4) is 0 Å². The zero-order valence-electron chi connectivity index (χ0n) is 12.9. The Hall–Kier alpha value is -2.07. The summed E-state index contributed by atoms with van der Waals surface area (Å²) in [5.74, 6) is 0. The Morgan fingerprint density at radius 2 is 2.00 bits per heavy atom. The van der Waals surface area contributed by atoms with Crippen molar-refractivity contribution >= 4 is 11.6 Å². The molecule has 22 heavy (non-hydrogen) atoms. The maximum Gasteiger partial charge on any atom is 0.287 e. The summed E-state index contributed by atoms with van der Waals surface area (Å²) in [7, 11) is 0. The lowest BCUT2D eigenvalue weighted by Gasteiger charge is -2.06. The smallest absolute Gasteiger partial charge is 0.287 e. The lowest BCUT2D eigenvalue weighted by atomic mass is 10.2. The topological polar surface area (TPSA) is 55.2 Å². The highest BCUT2D eigenvalue weighted by Gasteiger charge is 2.11. The van der Waals surface area contributed by atoms with E-state index in [1.165, 1.54) is 6.08 Å². The van der Waals surface area contributed by atoms with E-state index in [4.69, 9.17) is 11.6 Å². The number of unbranched alkanes of at least 4 members (excludes halogenated alkanes) is 1. The van der Waals surface area contributed by atoms with Gasteiger partial charge < -0.3 is 5.32 Å². The lowest BCUT2D eigenvalue weighted by Crippen LogP contribution is -2.15. The third kappa shape index (κ3) is 6.59. The largest absolute Gasteiger partial charge is 0.379 e. The van der Waals surface area contributed by atoms with Gasteiger partial charge in [0.2, 0.25) is 0 Å². The molecule has 0 atom stereocenters. The highest BCUT2D eigenvalue weighted by Crippen LogP contribution is 2.11. The van der Waals surface area contributed by atoms with Crippen molar-refractivity contribution in [1.29, 1.82) is 0 Å². The summed E-state index contributed by atoms with van der Waals surface area (Å²) in [6.07, 6.45) is 6.68. The molecule has 0 bridgehead atoms. The fourth-order valence-electron chi connectivity index (χ4n) is 1.75. The standard InChI is InChI=1S/C17H21ClN2O2/c1-3-4-10-16(18)11-12-17(20(21)22)14(2)19-13-15-8-6-5-7-9-15/h5-12,19H,3-4,13H2,1-2H3/b12-11-,16-10-,17-14-. The van der Waals surface area contributed by atoms with Crippen molar-refractivity contribution in [2.24, 2.45) is 0 Å². The molecule has 4 nitrogen and oxygen atoms in total. The monoisotopic (exact) mass is 320 g/mol. The molecule has 0 fully saturated rings. The molecule has 0 spiro atoms. The number of nitro groups is 1. The van der Waals surface area contributed by atoms with Crippen molar-refractivity contribution in [2.45, 2.75) is 33.2 Å². The summed E-state index contributed by atoms with van der Waals surface area (Å²) in [5.41, 5.74) is 1.58. The fourth-order valence-corrected chi connectivity index (χ4v) is 1.92. The molecule has 1 rings (SSSR count). The van der Waals surface area contributed by atoms with E-state index in [1.54, 1.807) is 13.0 Å². The van der Waals surface area contributed by atoms with Crippen LogP contribution < -0.4 is 5.32 Å². The molecule has 0 saturated carbocycles.